The number of aliphatic carboxylic acids is 1. The van der Waals surface area contributed by atoms with Crippen molar-refractivity contribution in [2.75, 3.05) is 0 Å². The van der Waals surface area contributed by atoms with Crippen LogP contribution in [0.25, 0.3) is 6.08 Å². The molecule has 0 saturated heterocycles. The predicted molar refractivity (Wildman–Crippen MR) is 83.6 cm³/mol. The van der Waals surface area contributed by atoms with Crippen LogP contribution in [0.15, 0.2) is 42.5 Å². The summed E-state index contributed by atoms with van der Waals surface area (Å²) < 4.78 is 0. The van der Waals surface area contributed by atoms with Gasteiger partial charge in [0.2, 0.25) is 0 Å². The van der Waals surface area contributed by atoms with Gasteiger partial charge in [0.1, 0.15) is 0 Å². The van der Waals surface area contributed by atoms with Crippen molar-refractivity contribution in [3.8, 4) is 0 Å². The van der Waals surface area contributed by atoms with E-state index in [4.69, 9.17) is 16.7 Å². The molecule has 0 aliphatic heterocycles. The molecule has 0 fully saturated rings. The van der Waals surface area contributed by atoms with Gasteiger partial charge in [0.25, 0.3) is 5.91 Å². The minimum Gasteiger partial charge on any atom is -0.478 e. The molecule has 1 aromatic carbocycles. The van der Waals surface area contributed by atoms with Crippen LogP contribution in [-0.4, -0.2) is 17.0 Å². The van der Waals surface area contributed by atoms with Gasteiger partial charge in [-0.1, -0.05) is 11.6 Å². The maximum absolute atomic E-state index is 11.9. The lowest BCUT2D eigenvalue weighted by Gasteiger charge is -2.03. The van der Waals surface area contributed by atoms with Gasteiger partial charge in [0.05, 0.1) is 6.54 Å². The van der Waals surface area contributed by atoms with Crippen molar-refractivity contribution in [3.63, 3.8) is 0 Å². The Hall–Kier alpha value is -2.11. The quantitative estimate of drug-likeness (QED) is 0.829. The molecule has 1 aromatic heterocycles. The van der Waals surface area contributed by atoms with E-state index in [9.17, 15) is 9.59 Å². The van der Waals surface area contributed by atoms with E-state index in [0.717, 1.165) is 15.8 Å². The van der Waals surface area contributed by atoms with E-state index < -0.39 is 5.97 Å². The molecule has 4 nitrogen and oxygen atoms in total. The highest BCUT2D eigenvalue weighted by molar-refractivity contribution is 7.12. The monoisotopic (exact) mass is 321 g/mol. The predicted octanol–water partition coefficient (Wildman–Crippen LogP) is 3.43. The van der Waals surface area contributed by atoms with Crippen molar-refractivity contribution in [3.05, 3.63) is 62.8 Å². The molecule has 1 heterocycles. The summed E-state index contributed by atoms with van der Waals surface area (Å²) in [5.41, 5.74) is 0.543. The zero-order valence-corrected chi connectivity index (χ0v) is 12.4. The van der Waals surface area contributed by atoms with Crippen LogP contribution in [-0.2, 0) is 11.3 Å². The van der Waals surface area contributed by atoms with Crippen molar-refractivity contribution < 1.29 is 14.7 Å². The van der Waals surface area contributed by atoms with Gasteiger partial charge < -0.3 is 10.4 Å². The van der Waals surface area contributed by atoms with E-state index in [0.29, 0.717) is 17.1 Å². The number of hydrogen-bond acceptors (Lipinski definition) is 3. The number of nitrogens with one attached hydrogen (secondary N) is 1. The van der Waals surface area contributed by atoms with Gasteiger partial charge in [-0.05, 0) is 42.5 Å². The van der Waals surface area contributed by atoms with Crippen LogP contribution in [0.3, 0.4) is 0 Å². The molecule has 0 atom stereocenters. The van der Waals surface area contributed by atoms with Crippen LogP contribution in [0.2, 0.25) is 5.02 Å². The average molecular weight is 322 g/mol. The molecule has 2 rings (SSSR count). The van der Waals surface area contributed by atoms with E-state index in [1.165, 1.54) is 17.4 Å². The lowest BCUT2D eigenvalue weighted by molar-refractivity contribution is -0.131. The standard InChI is InChI=1S/C15H12ClNO3S/c16-11-3-1-10(2-4-11)15(20)17-9-13-6-5-12(21-13)7-8-14(18)19/h1-8H,9H2,(H,17,20)(H,18,19). The molecular weight excluding hydrogens is 310 g/mol. The number of hydrogen-bond donors (Lipinski definition) is 2. The van der Waals surface area contributed by atoms with Gasteiger partial charge in [0.15, 0.2) is 0 Å². The number of halogens is 1. The van der Waals surface area contributed by atoms with Crippen molar-refractivity contribution in [2.45, 2.75) is 6.54 Å². The van der Waals surface area contributed by atoms with Gasteiger partial charge >= 0.3 is 5.97 Å². The minimum absolute atomic E-state index is 0.178. The Morgan fingerprint density at radius 1 is 1.19 bits per heavy atom. The first kappa shape index (κ1) is 15.3. The molecule has 1 amide bonds. The number of amides is 1. The number of rotatable bonds is 5. The molecular formula is C15H12ClNO3S. The van der Waals surface area contributed by atoms with E-state index in [1.807, 2.05) is 12.1 Å². The summed E-state index contributed by atoms with van der Waals surface area (Å²) in [7, 11) is 0. The highest BCUT2D eigenvalue weighted by Crippen LogP contribution is 2.18. The molecule has 0 radical (unpaired) electrons. The van der Waals surface area contributed by atoms with Gasteiger partial charge in [-0.2, -0.15) is 0 Å². The van der Waals surface area contributed by atoms with Crippen LogP contribution < -0.4 is 5.32 Å². The Balaban J connectivity index is 1.92. The molecule has 21 heavy (non-hydrogen) atoms. The highest BCUT2D eigenvalue weighted by Gasteiger charge is 2.06. The van der Waals surface area contributed by atoms with E-state index >= 15 is 0 Å². The van der Waals surface area contributed by atoms with Crippen LogP contribution in [0.1, 0.15) is 20.1 Å². The number of benzene rings is 1. The molecule has 2 N–H and O–H groups in total. The Morgan fingerprint density at radius 2 is 1.90 bits per heavy atom. The number of carboxylic acid groups (broad SMARTS) is 1. The van der Waals surface area contributed by atoms with Crippen LogP contribution in [0, 0.1) is 0 Å². The summed E-state index contributed by atoms with van der Waals surface area (Å²) in [5, 5.41) is 11.9. The maximum Gasteiger partial charge on any atom is 0.328 e. The second-order valence-electron chi connectivity index (χ2n) is 4.17. The zero-order valence-electron chi connectivity index (χ0n) is 10.9. The molecule has 0 aliphatic rings. The Bertz CT molecular complexity index is 676. The summed E-state index contributed by atoms with van der Waals surface area (Å²) in [4.78, 5) is 24.1. The number of carbonyl (C=O) groups excluding carboxylic acids is 1. The van der Waals surface area contributed by atoms with Crippen molar-refractivity contribution >= 4 is 40.9 Å². The van der Waals surface area contributed by atoms with Crippen molar-refractivity contribution in [1.82, 2.24) is 5.32 Å². The minimum atomic E-state index is -0.985. The fourth-order valence-corrected chi connectivity index (χ4v) is 2.58. The third-order valence-electron chi connectivity index (χ3n) is 2.60. The van der Waals surface area contributed by atoms with Gasteiger partial charge in [-0.15, -0.1) is 11.3 Å². The maximum atomic E-state index is 11.9. The topological polar surface area (TPSA) is 66.4 Å². The second-order valence-corrected chi connectivity index (χ2v) is 5.80. The van der Waals surface area contributed by atoms with Crippen LogP contribution in [0.5, 0.6) is 0 Å². The largest absolute Gasteiger partial charge is 0.478 e. The fourth-order valence-electron chi connectivity index (χ4n) is 1.60. The Labute approximate surface area is 130 Å². The lowest BCUT2D eigenvalue weighted by Crippen LogP contribution is -2.22. The molecule has 0 spiro atoms. The number of thiophene rings is 1. The van der Waals surface area contributed by atoms with E-state index in [1.54, 1.807) is 24.3 Å². The first-order valence-electron chi connectivity index (χ1n) is 6.08. The van der Waals surface area contributed by atoms with Crippen molar-refractivity contribution in [2.24, 2.45) is 0 Å². The average Bonchev–Trinajstić information content (AvgIpc) is 2.91. The fraction of sp³-hybridized carbons (Fsp3) is 0.0667. The second kappa shape index (κ2) is 7.06. The van der Waals surface area contributed by atoms with E-state index in [2.05, 4.69) is 5.32 Å². The Kier molecular flexibility index (Phi) is 5.14. The first-order valence-corrected chi connectivity index (χ1v) is 7.27. The third-order valence-corrected chi connectivity index (χ3v) is 3.90. The molecule has 6 heteroatoms. The summed E-state index contributed by atoms with van der Waals surface area (Å²) in [6, 6.07) is 10.3. The van der Waals surface area contributed by atoms with Gasteiger partial charge in [-0.25, -0.2) is 4.79 Å². The molecule has 0 saturated carbocycles. The summed E-state index contributed by atoms with van der Waals surface area (Å²) in [6.07, 6.45) is 2.61. The molecule has 2 aromatic rings. The number of carboxylic acids is 1. The summed E-state index contributed by atoms with van der Waals surface area (Å²) in [6.45, 7) is 0.396. The van der Waals surface area contributed by atoms with Crippen LogP contribution >= 0.6 is 22.9 Å². The molecule has 0 unspecified atom stereocenters. The molecule has 108 valence electrons. The smallest absolute Gasteiger partial charge is 0.328 e. The normalized spacial score (nSPS) is 10.7. The highest BCUT2D eigenvalue weighted by atomic mass is 35.5. The Morgan fingerprint density at radius 3 is 2.57 bits per heavy atom. The SMILES string of the molecule is O=C(O)C=Cc1ccc(CNC(=O)c2ccc(Cl)cc2)s1. The number of carbonyl (C=O) groups is 2. The van der Waals surface area contributed by atoms with Crippen LogP contribution in [0.4, 0.5) is 0 Å². The summed E-state index contributed by atoms with van der Waals surface area (Å²) >= 11 is 7.19. The third kappa shape index (κ3) is 4.73. The summed E-state index contributed by atoms with van der Waals surface area (Å²) in [5.74, 6) is -1.16. The molecule has 0 aliphatic carbocycles. The lowest BCUT2D eigenvalue weighted by atomic mass is 10.2. The van der Waals surface area contributed by atoms with E-state index in [-0.39, 0.29) is 5.91 Å². The van der Waals surface area contributed by atoms with Gasteiger partial charge in [0, 0.05) is 26.4 Å². The van der Waals surface area contributed by atoms with Gasteiger partial charge in [-0.3, -0.25) is 4.79 Å². The van der Waals surface area contributed by atoms with Crippen molar-refractivity contribution in [1.29, 1.82) is 0 Å². The molecule has 0 bridgehead atoms. The first-order chi connectivity index (χ1) is 10.0. The zero-order chi connectivity index (χ0) is 15.2.